The van der Waals surface area contributed by atoms with Crippen molar-refractivity contribution >= 4 is 17.0 Å². The quantitative estimate of drug-likeness (QED) is 0.292. The molecule has 222 valence electrons. The Balaban J connectivity index is 1.27. The van der Waals surface area contributed by atoms with E-state index < -0.39 is 0 Å². The number of carbonyl (C=O) groups excluding carboxylic acids is 1. The Labute approximate surface area is 251 Å². The van der Waals surface area contributed by atoms with Gasteiger partial charge in [0.1, 0.15) is 34.9 Å². The molecule has 2 fully saturated rings. The zero-order valence-electron chi connectivity index (χ0n) is 24.8. The number of methoxy groups -OCH3 is 1. The summed E-state index contributed by atoms with van der Waals surface area (Å²) >= 11 is 0. The van der Waals surface area contributed by atoms with Crippen LogP contribution in [0.5, 0.6) is 11.5 Å². The largest absolute Gasteiger partial charge is 0.496 e. The first-order chi connectivity index (χ1) is 20.9. The van der Waals surface area contributed by atoms with Gasteiger partial charge in [0.2, 0.25) is 0 Å². The number of rotatable bonds is 7. The third-order valence-electron chi connectivity index (χ3n) is 8.52. The lowest BCUT2D eigenvalue weighted by molar-refractivity contribution is 0.0254. The number of nitrogens with one attached hydrogen (secondary N) is 1. The van der Waals surface area contributed by atoms with E-state index in [-0.39, 0.29) is 17.6 Å². The molecule has 0 bridgehead atoms. The van der Waals surface area contributed by atoms with Gasteiger partial charge in [-0.1, -0.05) is 6.07 Å². The van der Waals surface area contributed by atoms with Crippen LogP contribution in [0.3, 0.4) is 0 Å². The van der Waals surface area contributed by atoms with E-state index in [0.717, 1.165) is 49.9 Å². The zero-order valence-corrected chi connectivity index (χ0v) is 24.8. The van der Waals surface area contributed by atoms with Crippen molar-refractivity contribution in [2.75, 3.05) is 40.5 Å². The van der Waals surface area contributed by atoms with Crippen LogP contribution >= 0.6 is 0 Å². The van der Waals surface area contributed by atoms with Crippen molar-refractivity contribution < 1.29 is 23.4 Å². The Kier molecular flexibility index (Phi) is 8.06. The molecule has 1 amide bonds. The molecule has 9 nitrogen and oxygen atoms in total. The molecule has 4 heterocycles. The number of ether oxygens (including phenoxy) is 3. The summed E-state index contributed by atoms with van der Waals surface area (Å²) in [6.07, 6.45) is 5.18. The highest BCUT2D eigenvalue weighted by atomic mass is 16.5. The van der Waals surface area contributed by atoms with Gasteiger partial charge in [0.05, 0.1) is 31.5 Å². The number of furan rings is 1. The van der Waals surface area contributed by atoms with E-state index in [0.29, 0.717) is 58.3 Å². The van der Waals surface area contributed by atoms with Gasteiger partial charge < -0.3 is 28.8 Å². The molecular weight excluding hydrogens is 544 g/mol. The van der Waals surface area contributed by atoms with Crippen LogP contribution in [0, 0.1) is 11.3 Å². The lowest BCUT2D eigenvalue weighted by Crippen LogP contribution is -2.52. The minimum Gasteiger partial charge on any atom is -0.496 e. The number of nitrogens with zero attached hydrogens (tertiary/aromatic N) is 3. The number of carbonyl (C=O) groups is 1. The first-order valence-corrected chi connectivity index (χ1v) is 14.7. The van der Waals surface area contributed by atoms with E-state index in [1.165, 1.54) is 0 Å². The molecule has 1 N–H and O–H groups in total. The summed E-state index contributed by atoms with van der Waals surface area (Å²) in [5.74, 6) is 1.55. The lowest BCUT2D eigenvalue weighted by Gasteiger charge is -2.38. The lowest BCUT2D eigenvalue weighted by atomic mass is 9.89. The highest BCUT2D eigenvalue weighted by molar-refractivity contribution is 5.97. The van der Waals surface area contributed by atoms with Crippen molar-refractivity contribution in [2.24, 2.45) is 0 Å². The average molecular weight is 581 g/mol. The zero-order chi connectivity index (χ0) is 30.0. The van der Waals surface area contributed by atoms with E-state index >= 15 is 0 Å². The van der Waals surface area contributed by atoms with Crippen LogP contribution in [0.15, 0.2) is 59.1 Å². The van der Waals surface area contributed by atoms with Gasteiger partial charge >= 0.3 is 0 Å². The number of pyridine rings is 1. The molecule has 2 saturated heterocycles. The molecule has 2 aromatic carbocycles. The van der Waals surface area contributed by atoms with E-state index in [4.69, 9.17) is 18.6 Å². The van der Waals surface area contributed by atoms with E-state index in [1.54, 1.807) is 25.4 Å². The van der Waals surface area contributed by atoms with Crippen LogP contribution in [-0.2, 0) is 4.74 Å². The molecule has 4 aromatic rings. The third kappa shape index (κ3) is 6.07. The Bertz CT molecular complexity index is 1680. The molecule has 43 heavy (non-hydrogen) atoms. The second kappa shape index (κ2) is 12.1. The molecule has 2 aliphatic heterocycles. The fourth-order valence-electron chi connectivity index (χ4n) is 5.78. The van der Waals surface area contributed by atoms with Gasteiger partial charge in [0.25, 0.3) is 5.91 Å². The van der Waals surface area contributed by atoms with Crippen LogP contribution in [0.1, 0.15) is 48.5 Å². The third-order valence-corrected chi connectivity index (χ3v) is 8.52. The Hall–Kier alpha value is -4.39. The number of likely N-dealkylation sites (tertiary alicyclic amines) is 1. The maximum Gasteiger partial charge on any atom is 0.251 e. The highest BCUT2D eigenvalue weighted by Crippen LogP contribution is 2.38. The average Bonchev–Trinajstić information content (AvgIpc) is 3.47. The number of hydrogen-bond acceptors (Lipinski definition) is 8. The van der Waals surface area contributed by atoms with Gasteiger partial charge in [-0.3, -0.25) is 9.78 Å². The Morgan fingerprint density at radius 3 is 2.60 bits per heavy atom. The van der Waals surface area contributed by atoms with Crippen LogP contribution in [-0.4, -0.2) is 67.9 Å². The van der Waals surface area contributed by atoms with Crippen molar-refractivity contribution in [1.29, 1.82) is 5.26 Å². The van der Waals surface area contributed by atoms with Crippen molar-refractivity contribution in [3.05, 3.63) is 65.9 Å². The van der Waals surface area contributed by atoms with Crippen molar-refractivity contribution in [3.8, 4) is 40.0 Å². The molecule has 6 rings (SSSR count). The van der Waals surface area contributed by atoms with Crippen LogP contribution in [0.2, 0.25) is 0 Å². The Morgan fingerprint density at radius 1 is 1.07 bits per heavy atom. The van der Waals surface area contributed by atoms with Gasteiger partial charge in [-0.15, -0.1) is 0 Å². The molecule has 9 heteroatoms. The fourth-order valence-corrected chi connectivity index (χ4v) is 5.78. The molecule has 0 atom stereocenters. The number of piperidine rings is 1. The molecule has 0 aliphatic carbocycles. The topological polar surface area (TPSA) is 110 Å². The maximum absolute atomic E-state index is 13.2. The second-order valence-corrected chi connectivity index (χ2v) is 11.7. The standard InChI is InChI=1S/C34H36N4O5/c1-34(11-14-38(2)15-12-34)37-33(39)23-4-6-27(30(19-23)40-3)31-20-28-32(43-31)26(8-13-36-28)22-5-7-29(24(18-22)21-35)42-25-9-16-41-17-10-25/h4-8,13,18-20,25H,9-12,14-17H2,1-3H3,(H,37,39). The second-order valence-electron chi connectivity index (χ2n) is 11.7. The monoisotopic (exact) mass is 580 g/mol. The van der Waals surface area contributed by atoms with E-state index in [1.807, 2.05) is 36.4 Å². The van der Waals surface area contributed by atoms with E-state index in [9.17, 15) is 10.1 Å². The van der Waals surface area contributed by atoms with Gasteiger partial charge in [-0.2, -0.15) is 5.26 Å². The summed E-state index contributed by atoms with van der Waals surface area (Å²) in [5.41, 5.74) is 4.37. The summed E-state index contributed by atoms with van der Waals surface area (Å²) in [5, 5.41) is 13.1. The minimum atomic E-state index is -0.239. The first kappa shape index (κ1) is 28.7. The van der Waals surface area contributed by atoms with Gasteiger partial charge in [-0.05, 0) is 68.8 Å². The summed E-state index contributed by atoms with van der Waals surface area (Å²) in [7, 11) is 3.68. The Morgan fingerprint density at radius 2 is 1.86 bits per heavy atom. The number of amides is 1. The maximum atomic E-state index is 13.2. The predicted octanol–water partition coefficient (Wildman–Crippen LogP) is 5.81. The number of hydrogen-bond donors (Lipinski definition) is 1. The van der Waals surface area contributed by atoms with Crippen molar-refractivity contribution in [1.82, 2.24) is 15.2 Å². The molecule has 0 radical (unpaired) electrons. The van der Waals surface area contributed by atoms with Gasteiger partial charge in [0.15, 0.2) is 5.58 Å². The molecule has 0 unspecified atom stereocenters. The smallest absolute Gasteiger partial charge is 0.251 e. The van der Waals surface area contributed by atoms with Gasteiger partial charge in [0, 0.05) is 54.9 Å². The summed E-state index contributed by atoms with van der Waals surface area (Å²) < 4.78 is 23.7. The molecule has 2 aromatic heterocycles. The van der Waals surface area contributed by atoms with Gasteiger partial charge in [-0.25, -0.2) is 0 Å². The van der Waals surface area contributed by atoms with Crippen LogP contribution < -0.4 is 14.8 Å². The predicted molar refractivity (Wildman–Crippen MR) is 163 cm³/mol. The van der Waals surface area contributed by atoms with E-state index in [2.05, 4.69) is 35.2 Å². The minimum absolute atomic E-state index is 0.0387. The number of nitriles is 1. The van der Waals surface area contributed by atoms with Crippen LogP contribution in [0.25, 0.3) is 33.6 Å². The van der Waals surface area contributed by atoms with Crippen LogP contribution in [0.4, 0.5) is 0 Å². The first-order valence-electron chi connectivity index (χ1n) is 14.7. The molecular formula is C34H36N4O5. The summed E-state index contributed by atoms with van der Waals surface area (Å²) in [6, 6.07) is 17.0. The molecule has 0 saturated carbocycles. The normalized spacial score (nSPS) is 17.3. The number of fused-ring (bicyclic) bond motifs is 1. The number of benzene rings is 2. The van der Waals surface area contributed by atoms with Crippen molar-refractivity contribution in [3.63, 3.8) is 0 Å². The molecule has 0 spiro atoms. The summed E-state index contributed by atoms with van der Waals surface area (Å²) in [6.45, 7) is 5.34. The fraction of sp³-hybridized carbons (Fsp3) is 0.382. The highest BCUT2D eigenvalue weighted by Gasteiger charge is 2.31. The SMILES string of the molecule is COc1cc(C(=O)NC2(C)CCN(C)CC2)ccc1-c1cc2nccc(-c3ccc(OC4CCOCC4)c(C#N)c3)c2o1. The summed E-state index contributed by atoms with van der Waals surface area (Å²) in [4.78, 5) is 20.0. The van der Waals surface area contributed by atoms with Crippen molar-refractivity contribution in [2.45, 2.75) is 44.2 Å². The molecule has 2 aliphatic rings. The number of aromatic nitrogens is 1.